The third kappa shape index (κ3) is 2.26. The number of carbonyl (C=O) groups is 1. The molecule has 0 radical (unpaired) electrons. The molecule has 0 aliphatic heterocycles. The summed E-state index contributed by atoms with van der Waals surface area (Å²) in [4.78, 5) is 10.9. The van der Waals surface area contributed by atoms with E-state index in [1.165, 1.54) is 0 Å². The van der Waals surface area contributed by atoms with Crippen LogP contribution in [0.5, 0.6) is 0 Å². The number of rotatable bonds is 3. The fraction of sp³-hybridized carbons (Fsp3) is 0.222. The number of carboxylic acids is 1. The summed E-state index contributed by atoms with van der Waals surface area (Å²) in [6.07, 6.45) is 0. The highest BCUT2D eigenvalue weighted by Gasteiger charge is 2.21. The molecule has 0 saturated heterocycles. The van der Waals surface area contributed by atoms with Crippen molar-refractivity contribution < 1.29 is 9.90 Å². The molecule has 0 saturated carbocycles. The van der Waals surface area contributed by atoms with Crippen LogP contribution in [0, 0.1) is 0 Å². The summed E-state index contributed by atoms with van der Waals surface area (Å²) in [7, 11) is 0. The first-order valence-electron chi connectivity index (χ1n) is 3.94. The van der Waals surface area contributed by atoms with Gasteiger partial charge in [-0.25, -0.2) is 0 Å². The molecule has 5 heteroatoms. The maximum atomic E-state index is 10.9. The number of carboxylic acid groups (broad SMARTS) is 1. The molecule has 0 bridgehead atoms. The van der Waals surface area contributed by atoms with Gasteiger partial charge in [0.2, 0.25) is 0 Å². The lowest BCUT2D eigenvalue weighted by molar-refractivity contribution is -0.138. The Labute approximate surface area is 95.0 Å². The lowest BCUT2D eigenvalue weighted by Gasteiger charge is -2.12. The van der Waals surface area contributed by atoms with Gasteiger partial charge in [-0.05, 0) is 27.6 Å². The zero-order chi connectivity index (χ0) is 10.7. The first-order valence-corrected chi connectivity index (χ1v) is 5.11. The molecule has 0 spiro atoms. The fourth-order valence-corrected chi connectivity index (χ4v) is 1.87. The normalized spacial score (nSPS) is 12.5. The summed E-state index contributed by atoms with van der Waals surface area (Å²) in [6.45, 7) is 0.0499. The molecule has 0 heterocycles. The highest BCUT2D eigenvalue weighted by molar-refractivity contribution is 9.10. The quantitative estimate of drug-likeness (QED) is 0.891. The predicted octanol–water partition coefficient (Wildman–Crippen LogP) is 2.23. The van der Waals surface area contributed by atoms with Gasteiger partial charge in [-0.2, -0.15) is 0 Å². The molecule has 76 valence electrons. The Kier molecular flexibility index (Phi) is 3.92. The van der Waals surface area contributed by atoms with Crippen LogP contribution in [0.3, 0.4) is 0 Å². The summed E-state index contributed by atoms with van der Waals surface area (Å²) in [5.41, 5.74) is 5.98. The molecule has 0 aromatic heterocycles. The Morgan fingerprint density at radius 3 is 2.79 bits per heavy atom. The average Bonchev–Trinajstić information content (AvgIpc) is 2.13. The van der Waals surface area contributed by atoms with Crippen LogP contribution in [0.25, 0.3) is 0 Å². The van der Waals surface area contributed by atoms with Crippen LogP contribution in [0.2, 0.25) is 5.02 Å². The van der Waals surface area contributed by atoms with Crippen LogP contribution in [0.4, 0.5) is 0 Å². The number of aliphatic carboxylic acids is 1. The molecule has 3 nitrogen and oxygen atoms in total. The summed E-state index contributed by atoms with van der Waals surface area (Å²) in [5, 5.41) is 9.39. The molecule has 0 fully saturated rings. The van der Waals surface area contributed by atoms with Crippen molar-refractivity contribution in [2.24, 2.45) is 5.73 Å². The van der Waals surface area contributed by atoms with Crippen molar-refractivity contribution in [2.75, 3.05) is 6.54 Å². The smallest absolute Gasteiger partial charge is 0.312 e. The van der Waals surface area contributed by atoms with E-state index in [1.54, 1.807) is 18.2 Å². The molecular weight excluding hydrogens is 269 g/mol. The third-order valence-corrected chi connectivity index (χ3v) is 3.32. The zero-order valence-electron chi connectivity index (χ0n) is 7.21. The van der Waals surface area contributed by atoms with E-state index in [4.69, 9.17) is 22.4 Å². The Bertz CT molecular complexity index is 357. The zero-order valence-corrected chi connectivity index (χ0v) is 9.55. The first kappa shape index (κ1) is 11.5. The number of halogens is 2. The van der Waals surface area contributed by atoms with Crippen molar-refractivity contribution in [3.63, 3.8) is 0 Å². The van der Waals surface area contributed by atoms with E-state index in [0.717, 1.165) is 0 Å². The van der Waals surface area contributed by atoms with Crippen molar-refractivity contribution in [2.45, 2.75) is 5.92 Å². The minimum absolute atomic E-state index is 0.0499. The van der Waals surface area contributed by atoms with Gasteiger partial charge in [0.05, 0.1) is 10.9 Å². The maximum absolute atomic E-state index is 10.9. The topological polar surface area (TPSA) is 63.3 Å². The van der Waals surface area contributed by atoms with Crippen molar-refractivity contribution in [1.82, 2.24) is 0 Å². The number of hydrogen-bond donors (Lipinski definition) is 2. The standard InChI is InChI=1S/C9H9BrClNO2/c10-8-5(2-1-3-7(8)11)6(4-12)9(13)14/h1-3,6H,4,12H2,(H,13,14). The fourth-order valence-electron chi connectivity index (χ4n) is 1.15. The average molecular weight is 279 g/mol. The van der Waals surface area contributed by atoms with Crippen LogP contribution in [-0.2, 0) is 4.79 Å². The van der Waals surface area contributed by atoms with Gasteiger partial charge in [-0.1, -0.05) is 23.7 Å². The highest BCUT2D eigenvalue weighted by atomic mass is 79.9. The van der Waals surface area contributed by atoms with Crippen molar-refractivity contribution in [1.29, 1.82) is 0 Å². The second-order valence-corrected chi connectivity index (χ2v) is 3.97. The van der Waals surface area contributed by atoms with Gasteiger partial charge < -0.3 is 10.8 Å². The van der Waals surface area contributed by atoms with Gasteiger partial charge in [0.1, 0.15) is 0 Å². The van der Waals surface area contributed by atoms with Crippen molar-refractivity contribution >= 4 is 33.5 Å². The van der Waals surface area contributed by atoms with Gasteiger partial charge >= 0.3 is 5.97 Å². The van der Waals surface area contributed by atoms with Gasteiger partial charge in [0.25, 0.3) is 0 Å². The van der Waals surface area contributed by atoms with Gasteiger partial charge in [-0.3, -0.25) is 4.79 Å². The van der Waals surface area contributed by atoms with E-state index >= 15 is 0 Å². The van der Waals surface area contributed by atoms with Crippen LogP contribution in [-0.4, -0.2) is 17.6 Å². The van der Waals surface area contributed by atoms with Crippen LogP contribution in [0.15, 0.2) is 22.7 Å². The molecule has 1 rings (SSSR count). The minimum Gasteiger partial charge on any atom is -0.481 e. The Morgan fingerprint density at radius 1 is 1.64 bits per heavy atom. The molecule has 1 unspecified atom stereocenters. The van der Waals surface area contributed by atoms with Gasteiger partial charge in [0, 0.05) is 11.0 Å². The number of hydrogen-bond acceptors (Lipinski definition) is 2. The van der Waals surface area contributed by atoms with Crippen LogP contribution < -0.4 is 5.73 Å². The van der Waals surface area contributed by atoms with Crippen LogP contribution in [0.1, 0.15) is 11.5 Å². The molecule has 1 aromatic carbocycles. The molecule has 0 aliphatic carbocycles. The largest absolute Gasteiger partial charge is 0.481 e. The Hall–Kier alpha value is -0.580. The van der Waals surface area contributed by atoms with E-state index in [1.807, 2.05) is 0 Å². The highest BCUT2D eigenvalue weighted by Crippen LogP contribution is 2.31. The van der Waals surface area contributed by atoms with E-state index in [0.29, 0.717) is 15.1 Å². The van der Waals surface area contributed by atoms with Crippen molar-refractivity contribution in [3.05, 3.63) is 33.3 Å². The third-order valence-electron chi connectivity index (χ3n) is 1.89. The molecule has 3 N–H and O–H groups in total. The molecule has 0 amide bonds. The SMILES string of the molecule is NCC(C(=O)O)c1cccc(Cl)c1Br. The summed E-state index contributed by atoms with van der Waals surface area (Å²) in [5.74, 6) is -1.67. The maximum Gasteiger partial charge on any atom is 0.312 e. The monoisotopic (exact) mass is 277 g/mol. The molecular formula is C9H9BrClNO2. The first-order chi connectivity index (χ1) is 6.57. The Morgan fingerprint density at radius 2 is 2.29 bits per heavy atom. The molecule has 0 aliphatic rings. The molecule has 1 aromatic rings. The Balaban J connectivity index is 3.16. The van der Waals surface area contributed by atoms with E-state index < -0.39 is 11.9 Å². The summed E-state index contributed by atoms with van der Waals surface area (Å²) in [6, 6.07) is 5.08. The van der Waals surface area contributed by atoms with Gasteiger partial charge in [-0.15, -0.1) is 0 Å². The number of nitrogens with two attached hydrogens (primary N) is 1. The number of benzene rings is 1. The van der Waals surface area contributed by atoms with E-state index in [2.05, 4.69) is 15.9 Å². The molecule has 14 heavy (non-hydrogen) atoms. The molecule has 1 atom stereocenters. The van der Waals surface area contributed by atoms with Crippen molar-refractivity contribution in [3.8, 4) is 0 Å². The van der Waals surface area contributed by atoms with Crippen LogP contribution >= 0.6 is 27.5 Å². The lowest BCUT2D eigenvalue weighted by Crippen LogP contribution is -2.21. The lowest BCUT2D eigenvalue weighted by atomic mass is 10.00. The minimum atomic E-state index is -0.949. The second-order valence-electron chi connectivity index (χ2n) is 2.77. The van der Waals surface area contributed by atoms with Gasteiger partial charge in [0.15, 0.2) is 0 Å². The second kappa shape index (κ2) is 4.77. The van der Waals surface area contributed by atoms with E-state index in [9.17, 15) is 4.79 Å². The summed E-state index contributed by atoms with van der Waals surface area (Å²) < 4.78 is 0.597. The summed E-state index contributed by atoms with van der Waals surface area (Å²) >= 11 is 9.08. The predicted molar refractivity (Wildman–Crippen MR) is 58.6 cm³/mol. The van der Waals surface area contributed by atoms with E-state index in [-0.39, 0.29) is 6.54 Å².